The fourth-order valence-corrected chi connectivity index (χ4v) is 3.63. The Labute approximate surface area is 176 Å². The minimum atomic E-state index is -0.256. The molecule has 30 heavy (non-hydrogen) atoms. The van der Waals surface area contributed by atoms with Crippen molar-refractivity contribution in [2.45, 2.75) is 31.8 Å². The van der Waals surface area contributed by atoms with Crippen LogP contribution in [0.15, 0.2) is 85.5 Å². The third kappa shape index (κ3) is 4.81. The second kappa shape index (κ2) is 9.46. The van der Waals surface area contributed by atoms with Gasteiger partial charge in [-0.2, -0.15) is 0 Å². The van der Waals surface area contributed by atoms with Crippen molar-refractivity contribution < 1.29 is 4.39 Å². The third-order valence-electron chi connectivity index (χ3n) is 5.30. The van der Waals surface area contributed by atoms with Gasteiger partial charge >= 0.3 is 0 Å². The average Bonchev–Trinajstić information content (AvgIpc) is 3.22. The van der Waals surface area contributed by atoms with E-state index < -0.39 is 0 Å². The van der Waals surface area contributed by atoms with Gasteiger partial charge in [0.25, 0.3) is 0 Å². The van der Waals surface area contributed by atoms with Crippen LogP contribution in [0.25, 0.3) is 22.5 Å². The Kier molecular flexibility index (Phi) is 6.30. The van der Waals surface area contributed by atoms with E-state index in [1.54, 1.807) is 24.5 Å². The van der Waals surface area contributed by atoms with Gasteiger partial charge in [-0.05, 0) is 61.2 Å². The first-order valence-corrected chi connectivity index (χ1v) is 10.2. The number of benzene rings is 2. The van der Waals surface area contributed by atoms with Crippen molar-refractivity contribution in [3.63, 3.8) is 0 Å². The number of rotatable bonds is 8. The van der Waals surface area contributed by atoms with E-state index in [4.69, 9.17) is 5.73 Å². The number of aromatic nitrogens is 3. The van der Waals surface area contributed by atoms with Crippen molar-refractivity contribution in [1.82, 2.24) is 14.5 Å². The Hall–Kier alpha value is -3.31. The normalized spacial score (nSPS) is 12.1. The number of halogens is 1. The van der Waals surface area contributed by atoms with Crippen LogP contribution in [0.5, 0.6) is 0 Å². The van der Waals surface area contributed by atoms with Crippen LogP contribution in [0.2, 0.25) is 0 Å². The predicted molar refractivity (Wildman–Crippen MR) is 118 cm³/mol. The van der Waals surface area contributed by atoms with E-state index in [0.717, 1.165) is 48.3 Å². The highest BCUT2D eigenvalue weighted by atomic mass is 19.1. The Balaban J connectivity index is 1.52. The molecule has 0 saturated heterocycles. The SMILES string of the molecule is NC(CCc1ccccc1)CCn1cnc(-c2ccc(F)cc2)c1-c1ccncc1. The summed E-state index contributed by atoms with van der Waals surface area (Å²) in [6, 6.07) is 20.9. The Morgan fingerprint density at radius 2 is 1.60 bits per heavy atom. The van der Waals surface area contributed by atoms with E-state index in [-0.39, 0.29) is 11.9 Å². The molecule has 0 radical (unpaired) electrons. The molecule has 0 fully saturated rings. The molecular formula is C25H25FN4. The van der Waals surface area contributed by atoms with E-state index in [1.165, 1.54) is 17.7 Å². The van der Waals surface area contributed by atoms with Gasteiger partial charge in [0.15, 0.2) is 0 Å². The molecule has 4 rings (SSSR count). The molecule has 1 unspecified atom stereocenters. The highest BCUT2D eigenvalue weighted by Crippen LogP contribution is 2.31. The molecule has 1 atom stereocenters. The summed E-state index contributed by atoms with van der Waals surface area (Å²) in [5.41, 5.74) is 11.5. The van der Waals surface area contributed by atoms with Gasteiger partial charge < -0.3 is 10.3 Å². The zero-order valence-electron chi connectivity index (χ0n) is 16.8. The van der Waals surface area contributed by atoms with Crippen LogP contribution < -0.4 is 5.73 Å². The van der Waals surface area contributed by atoms with Crippen molar-refractivity contribution in [2.75, 3.05) is 0 Å². The molecule has 0 aliphatic heterocycles. The molecule has 4 aromatic rings. The van der Waals surface area contributed by atoms with Crippen LogP contribution in [0.1, 0.15) is 18.4 Å². The third-order valence-corrected chi connectivity index (χ3v) is 5.30. The van der Waals surface area contributed by atoms with Gasteiger partial charge in [-0.1, -0.05) is 30.3 Å². The number of nitrogens with two attached hydrogens (primary N) is 1. The maximum Gasteiger partial charge on any atom is 0.123 e. The Morgan fingerprint density at radius 1 is 0.867 bits per heavy atom. The van der Waals surface area contributed by atoms with Gasteiger partial charge in [-0.3, -0.25) is 4.98 Å². The van der Waals surface area contributed by atoms with E-state index in [9.17, 15) is 4.39 Å². The molecule has 2 aromatic carbocycles. The molecule has 0 bridgehead atoms. The molecule has 5 heteroatoms. The number of imidazole rings is 1. The summed E-state index contributed by atoms with van der Waals surface area (Å²) >= 11 is 0. The highest BCUT2D eigenvalue weighted by Gasteiger charge is 2.16. The van der Waals surface area contributed by atoms with Crippen molar-refractivity contribution in [3.8, 4) is 22.5 Å². The summed E-state index contributed by atoms with van der Waals surface area (Å²) in [6.45, 7) is 0.766. The van der Waals surface area contributed by atoms with Gasteiger partial charge in [0.2, 0.25) is 0 Å². The number of pyridine rings is 1. The monoisotopic (exact) mass is 400 g/mol. The minimum absolute atomic E-state index is 0.104. The number of hydrogen-bond donors (Lipinski definition) is 1. The lowest BCUT2D eigenvalue weighted by Crippen LogP contribution is -2.22. The van der Waals surface area contributed by atoms with Gasteiger partial charge in [0, 0.05) is 36.1 Å². The van der Waals surface area contributed by atoms with Crippen LogP contribution in [0, 0.1) is 5.82 Å². The van der Waals surface area contributed by atoms with E-state index in [0.29, 0.717) is 0 Å². The number of aryl methyl sites for hydroxylation is 2. The zero-order valence-corrected chi connectivity index (χ0v) is 16.8. The van der Waals surface area contributed by atoms with Crippen molar-refractivity contribution in [2.24, 2.45) is 5.73 Å². The fourth-order valence-electron chi connectivity index (χ4n) is 3.63. The summed E-state index contributed by atoms with van der Waals surface area (Å²) in [6.07, 6.45) is 8.15. The smallest absolute Gasteiger partial charge is 0.123 e. The maximum absolute atomic E-state index is 13.4. The van der Waals surface area contributed by atoms with Crippen molar-refractivity contribution in [3.05, 3.63) is 96.8 Å². The van der Waals surface area contributed by atoms with Gasteiger partial charge in [0.1, 0.15) is 5.82 Å². The summed E-state index contributed by atoms with van der Waals surface area (Å²) in [5.74, 6) is -0.256. The lowest BCUT2D eigenvalue weighted by atomic mass is 10.0. The van der Waals surface area contributed by atoms with Gasteiger partial charge in [-0.15, -0.1) is 0 Å². The second-order valence-electron chi connectivity index (χ2n) is 7.45. The van der Waals surface area contributed by atoms with Crippen LogP contribution in [0.4, 0.5) is 4.39 Å². The molecule has 2 aromatic heterocycles. The molecule has 2 N–H and O–H groups in total. The molecule has 0 aliphatic rings. The molecule has 0 amide bonds. The largest absolute Gasteiger partial charge is 0.330 e. The topological polar surface area (TPSA) is 56.7 Å². The summed E-state index contributed by atoms with van der Waals surface area (Å²) in [5, 5.41) is 0. The predicted octanol–water partition coefficient (Wildman–Crippen LogP) is 5.10. The van der Waals surface area contributed by atoms with E-state index in [2.05, 4.69) is 38.8 Å². The standard InChI is InChI=1S/C25H25FN4/c26-22-9-7-20(8-10-22)24-25(21-12-15-28-16-13-21)30(18-29-24)17-14-23(27)11-6-19-4-2-1-3-5-19/h1-5,7-10,12-13,15-16,18,23H,6,11,14,17,27H2. The van der Waals surface area contributed by atoms with E-state index >= 15 is 0 Å². The molecule has 2 heterocycles. The quantitative estimate of drug-likeness (QED) is 0.448. The molecule has 4 nitrogen and oxygen atoms in total. The fraction of sp³-hybridized carbons (Fsp3) is 0.200. The molecule has 0 saturated carbocycles. The first-order chi connectivity index (χ1) is 14.7. The molecule has 152 valence electrons. The number of nitrogens with zero attached hydrogens (tertiary/aromatic N) is 3. The first-order valence-electron chi connectivity index (χ1n) is 10.2. The number of hydrogen-bond acceptors (Lipinski definition) is 3. The molecule has 0 spiro atoms. The van der Waals surface area contributed by atoms with Crippen LogP contribution >= 0.6 is 0 Å². The summed E-state index contributed by atoms with van der Waals surface area (Å²) < 4.78 is 15.5. The Morgan fingerprint density at radius 3 is 2.33 bits per heavy atom. The minimum Gasteiger partial charge on any atom is -0.330 e. The molecule has 0 aliphatic carbocycles. The zero-order chi connectivity index (χ0) is 20.8. The van der Waals surface area contributed by atoms with Crippen LogP contribution in [0.3, 0.4) is 0 Å². The van der Waals surface area contributed by atoms with Gasteiger partial charge in [-0.25, -0.2) is 9.37 Å². The second-order valence-corrected chi connectivity index (χ2v) is 7.45. The van der Waals surface area contributed by atoms with Gasteiger partial charge in [0.05, 0.1) is 17.7 Å². The average molecular weight is 401 g/mol. The van der Waals surface area contributed by atoms with E-state index in [1.807, 2.05) is 24.5 Å². The first kappa shape index (κ1) is 20.0. The summed E-state index contributed by atoms with van der Waals surface area (Å²) in [7, 11) is 0. The van der Waals surface area contributed by atoms with Crippen LogP contribution in [-0.2, 0) is 13.0 Å². The summed E-state index contributed by atoms with van der Waals surface area (Å²) in [4.78, 5) is 8.77. The highest BCUT2D eigenvalue weighted by molar-refractivity contribution is 5.78. The van der Waals surface area contributed by atoms with Crippen molar-refractivity contribution >= 4 is 0 Å². The van der Waals surface area contributed by atoms with Crippen LogP contribution in [-0.4, -0.2) is 20.6 Å². The lowest BCUT2D eigenvalue weighted by molar-refractivity contribution is 0.516. The van der Waals surface area contributed by atoms with Crippen molar-refractivity contribution in [1.29, 1.82) is 0 Å². The lowest BCUT2D eigenvalue weighted by Gasteiger charge is -2.15. The Bertz CT molecular complexity index is 1060. The maximum atomic E-state index is 13.4. The molecular weight excluding hydrogens is 375 g/mol.